The molecule has 1 amide bonds. The van der Waals surface area contributed by atoms with Gasteiger partial charge in [-0.1, -0.05) is 0 Å². The predicted octanol–water partition coefficient (Wildman–Crippen LogP) is 1.14. The molecule has 0 bridgehead atoms. The van der Waals surface area contributed by atoms with Gasteiger partial charge in [0.1, 0.15) is 12.2 Å². The summed E-state index contributed by atoms with van der Waals surface area (Å²) in [6.45, 7) is 3.43. The molecular weight excluding hydrogens is 242 g/mol. The van der Waals surface area contributed by atoms with Gasteiger partial charge in [0.25, 0.3) is 5.91 Å². The summed E-state index contributed by atoms with van der Waals surface area (Å²) in [4.78, 5) is 29.4. The summed E-state index contributed by atoms with van der Waals surface area (Å²) >= 11 is 0. The van der Waals surface area contributed by atoms with E-state index < -0.39 is 0 Å². The van der Waals surface area contributed by atoms with Crippen molar-refractivity contribution in [2.45, 2.75) is 19.3 Å². The first-order valence-corrected chi connectivity index (χ1v) is 6.30. The minimum atomic E-state index is -0.00798. The van der Waals surface area contributed by atoms with E-state index in [1.54, 1.807) is 12.4 Å². The maximum Gasteiger partial charge on any atom is 0.257 e. The van der Waals surface area contributed by atoms with Crippen LogP contribution in [0.3, 0.4) is 0 Å². The lowest BCUT2D eigenvalue weighted by Crippen LogP contribution is -2.28. The first-order chi connectivity index (χ1) is 9.24. The summed E-state index contributed by atoms with van der Waals surface area (Å²) < 4.78 is 0. The number of hydrogen-bond donors (Lipinski definition) is 1. The Hall–Kier alpha value is -2.24. The summed E-state index contributed by atoms with van der Waals surface area (Å²) in [5.74, 6) is 1.26. The highest BCUT2D eigenvalue weighted by Gasteiger charge is 2.29. The lowest BCUT2D eigenvalue weighted by atomic mass is 10.1. The van der Waals surface area contributed by atoms with Crippen LogP contribution in [-0.2, 0) is 0 Å². The first kappa shape index (κ1) is 11.8. The molecule has 1 atom stereocenters. The number of carbonyl (C=O) groups excluding carboxylic acids is 1. The van der Waals surface area contributed by atoms with E-state index in [2.05, 4.69) is 19.9 Å². The number of imidazole rings is 1. The van der Waals surface area contributed by atoms with Gasteiger partial charge in [-0.05, 0) is 13.3 Å². The Balaban J connectivity index is 1.71. The van der Waals surface area contributed by atoms with E-state index in [0.717, 1.165) is 24.5 Å². The van der Waals surface area contributed by atoms with Crippen LogP contribution in [0, 0.1) is 6.92 Å². The fraction of sp³-hybridized carbons (Fsp3) is 0.385. The molecule has 3 rings (SSSR count). The van der Waals surface area contributed by atoms with E-state index >= 15 is 0 Å². The van der Waals surface area contributed by atoms with Crippen molar-refractivity contribution in [1.29, 1.82) is 0 Å². The van der Waals surface area contributed by atoms with Crippen LogP contribution in [0.2, 0.25) is 0 Å². The molecular formula is C13H15N5O. The van der Waals surface area contributed by atoms with E-state index in [-0.39, 0.29) is 5.91 Å². The molecule has 1 fully saturated rings. The maximum atomic E-state index is 12.2. The van der Waals surface area contributed by atoms with Crippen molar-refractivity contribution >= 4 is 5.91 Å². The zero-order valence-corrected chi connectivity index (χ0v) is 10.7. The number of amides is 1. The lowest BCUT2D eigenvalue weighted by Gasteiger charge is -2.15. The van der Waals surface area contributed by atoms with E-state index in [9.17, 15) is 4.79 Å². The van der Waals surface area contributed by atoms with Gasteiger partial charge in [-0.2, -0.15) is 0 Å². The first-order valence-electron chi connectivity index (χ1n) is 6.30. The molecule has 0 aliphatic carbocycles. The van der Waals surface area contributed by atoms with Crippen molar-refractivity contribution < 1.29 is 4.79 Å². The van der Waals surface area contributed by atoms with Crippen molar-refractivity contribution in [3.63, 3.8) is 0 Å². The fourth-order valence-electron chi connectivity index (χ4n) is 2.40. The van der Waals surface area contributed by atoms with Gasteiger partial charge < -0.3 is 9.88 Å². The number of nitrogens with zero attached hydrogens (tertiary/aromatic N) is 4. The topological polar surface area (TPSA) is 74.8 Å². The van der Waals surface area contributed by atoms with Crippen LogP contribution in [0.5, 0.6) is 0 Å². The molecule has 0 saturated carbocycles. The molecule has 0 spiro atoms. The Morgan fingerprint density at radius 3 is 2.84 bits per heavy atom. The van der Waals surface area contributed by atoms with Gasteiger partial charge in [-0.15, -0.1) is 0 Å². The van der Waals surface area contributed by atoms with E-state index in [1.807, 2.05) is 18.0 Å². The van der Waals surface area contributed by atoms with E-state index in [0.29, 0.717) is 18.0 Å². The Labute approximate surface area is 110 Å². The zero-order chi connectivity index (χ0) is 13.2. The third kappa shape index (κ3) is 2.33. The van der Waals surface area contributed by atoms with Crippen LogP contribution >= 0.6 is 0 Å². The van der Waals surface area contributed by atoms with Gasteiger partial charge in [-0.25, -0.2) is 15.0 Å². The van der Waals surface area contributed by atoms with Crippen molar-refractivity contribution in [3.05, 3.63) is 42.0 Å². The number of nitrogens with one attached hydrogen (secondary N) is 1. The summed E-state index contributed by atoms with van der Waals surface area (Å²) in [5, 5.41) is 0. The second kappa shape index (κ2) is 4.79. The largest absolute Gasteiger partial charge is 0.346 e. The quantitative estimate of drug-likeness (QED) is 0.875. The van der Waals surface area contributed by atoms with Crippen molar-refractivity contribution in [2.24, 2.45) is 0 Å². The van der Waals surface area contributed by atoms with Gasteiger partial charge in [-0.3, -0.25) is 4.79 Å². The third-order valence-electron chi connectivity index (χ3n) is 3.39. The number of H-pyrrole nitrogens is 1. The number of rotatable bonds is 2. The average Bonchev–Trinajstić information content (AvgIpc) is 3.07. The molecule has 0 radical (unpaired) electrons. The molecule has 6 nitrogen and oxygen atoms in total. The number of hydrogen-bond acceptors (Lipinski definition) is 4. The molecule has 1 aliphatic heterocycles. The van der Waals surface area contributed by atoms with Crippen molar-refractivity contribution in [2.75, 3.05) is 13.1 Å². The van der Waals surface area contributed by atoms with Crippen LogP contribution in [0.1, 0.15) is 34.2 Å². The van der Waals surface area contributed by atoms with Crippen LogP contribution < -0.4 is 0 Å². The average molecular weight is 257 g/mol. The molecule has 2 aromatic rings. The molecule has 0 unspecified atom stereocenters. The second-order valence-electron chi connectivity index (χ2n) is 4.82. The molecule has 19 heavy (non-hydrogen) atoms. The van der Waals surface area contributed by atoms with Crippen LogP contribution in [0.15, 0.2) is 24.9 Å². The third-order valence-corrected chi connectivity index (χ3v) is 3.39. The Bertz CT molecular complexity index is 580. The Kier molecular flexibility index (Phi) is 2.98. The normalized spacial score (nSPS) is 18.8. The minimum absolute atomic E-state index is 0.00798. The number of aromatic nitrogens is 4. The monoisotopic (exact) mass is 257 g/mol. The van der Waals surface area contributed by atoms with Gasteiger partial charge >= 0.3 is 0 Å². The molecule has 98 valence electrons. The number of aryl methyl sites for hydroxylation is 1. The van der Waals surface area contributed by atoms with Crippen molar-refractivity contribution in [1.82, 2.24) is 24.8 Å². The lowest BCUT2D eigenvalue weighted by molar-refractivity contribution is 0.0789. The summed E-state index contributed by atoms with van der Waals surface area (Å²) in [5.41, 5.74) is 1.59. The van der Waals surface area contributed by atoms with E-state index in [1.165, 1.54) is 6.33 Å². The van der Waals surface area contributed by atoms with Gasteiger partial charge in [0.05, 0.1) is 5.56 Å². The molecule has 1 N–H and O–H groups in total. The summed E-state index contributed by atoms with van der Waals surface area (Å²) in [7, 11) is 0. The van der Waals surface area contributed by atoms with Crippen molar-refractivity contribution in [3.8, 4) is 0 Å². The van der Waals surface area contributed by atoms with Crippen LogP contribution in [0.25, 0.3) is 0 Å². The Morgan fingerprint density at radius 2 is 2.16 bits per heavy atom. The van der Waals surface area contributed by atoms with Crippen LogP contribution in [0.4, 0.5) is 0 Å². The molecule has 1 saturated heterocycles. The summed E-state index contributed by atoms with van der Waals surface area (Å²) in [6.07, 6.45) is 7.30. The number of likely N-dealkylation sites (tertiary alicyclic amines) is 1. The standard InChI is InChI=1S/C13H15N5O/c1-9-4-16-12(17-9)10-2-3-18(7-10)13(19)11-5-14-8-15-6-11/h4-6,8,10H,2-3,7H2,1H3,(H,16,17)/t10-/m1/s1. The molecule has 2 aromatic heterocycles. The number of carbonyl (C=O) groups is 1. The second-order valence-corrected chi connectivity index (χ2v) is 4.82. The highest BCUT2D eigenvalue weighted by Crippen LogP contribution is 2.25. The number of aromatic amines is 1. The van der Waals surface area contributed by atoms with E-state index in [4.69, 9.17) is 0 Å². The molecule has 3 heterocycles. The molecule has 1 aliphatic rings. The highest BCUT2D eigenvalue weighted by molar-refractivity contribution is 5.93. The predicted molar refractivity (Wildman–Crippen MR) is 68.6 cm³/mol. The van der Waals surface area contributed by atoms with Crippen LogP contribution in [-0.4, -0.2) is 43.8 Å². The Morgan fingerprint density at radius 1 is 1.37 bits per heavy atom. The smallest absolute Gasteiger partial charge is 0.257 e. The molecule has 0 aromatic carbocycles. The SMILES string of the molecule is Cc1cnc([C@@H]2CCN(C(=O)c3cncnc3)C2)[nH]1. The highest BCUT2D eigenvalue weighted by atomic mass is 16.2. The van der Waals surface area contributed by atoms with Gasteiger partial charge in [0.15, 0.2) is 0 Å². The van der Waals surface area contributed by atoms with Gasteiger partial charge in [0.2, 0.25) is 0 Å². The molecule has 6 heteroatoms. The summed E-state index contributed by atoms with van der Waals surface area (Å²) in [6, 6.07) is 0. The zero-order valence-electron chi connectivity index (χ0n) is 10.7. The minimum Gasteiger partial charge on any atom is -0.346 e. The van der Waals surface area contributed by atoms with Gasteiger partial charge in [0, 0.05) is 43.3 Å². The fourth-order valence-corrected chi connectivity index (χ4v) is 2.40. The maximum absolute atomic E-state index is 12.2.